The van der Waals surface area contributed by atoms with Crippen molar-refractivity contribution in [2.45, 2.75) is 12.5 Å². The van der Waals surface area contributed by atoms with E-state index in [1.54, 1.807) is 19.2 Å². The van der Waals surface area contributed by atoms with Gasteiger partial charge in [0, 0.05) is 35.3 Å². The summed E-state index contributed by atoms with van der Waals surface area (Å²) < 4.78 is 97.2. The fourth-order valence-corrected chi connectivity index (χ4v) is 3.76. The SMILES string of the molecule is COCC1COC(c2ccc(C#Cc3ccc(-c4cc(F)c(C(F)(F)F)c(F)c4)c(F)c3)cc2)OC1. The van der Waals surface area contributed by atoms with Crippen molar-refractivity contribution in [3.05, 3.63) is 94.3 Å². The number of methoxy groups -OCH3 is 1. The summed E-state index contributed by atoms with van der Waals surface area (Å²) in [5.74, 6) is 1.34. The molecule has 3 aromatic carbocycles. The maximum atomic E-state index is 14.6. The Hall–Kier alpha value is -3.32. The molecule has 0 spiro atoms. The van der Waals surface area contributed by atoms with Gasteiger partial charge in [-0.1, -0.05) is 30.0 Å². The maximum Gasteiger partial charge on any atom is 0.422 e. The molecular weight excluding hydrogens is 486 g/mol. The first-order chi connectivity index (χ1) is 17.2. The molecule has 9 heteroatoms. The van der Waals surface area contributed by atoms with Crippen LogP contribution < -0.4 is 0 Å². The lowest BCUT2D eigenvalue weighted by atomic mass is 10.0. The largest absolute Gasteiger partial charge is 0.422 e. The van der Waals surface area contributed by atoms with Gasteiger partial charge in [0.05, 0.1) is 19.8 Å². The molecule has 0 atom stereocenters. The predicted molar refractivity (Wildman–Crippen MR) is 119 cm³/mol. The van der Waals surface area contributed by atoms with Crippen molar-refractivity contribution < 1.29 is 40.6 Å². The molecule has 0 radical (unpaired) electrons. The number of hydrogen-bond donors (Lipinski definition) is 0. The summed E-state index contributed by atoms with van der Waals surface area (Å²) >= 11 is 0. The van der Waals surface area contributed by atoms with E-state index in [-0.39, 0.29) is 22.6 Å². The van der Waals surface area contributed by atoms with Crippen LogP contribution in [0, 0.1) is 35.2 Å². The fourth-order valence-electron chi connectivity index (χ4n) is 3.76. The molecule has 0 unspecified atom stereocenters. The third-order valence-electron chi connectivity index (χ3n) is 5.51. The highest BCUT2D eigenvalue weighted by Gasteiger charge is 2.38. The van der Waals surface area contributed by atoms with E-state index < -0.39 is 35.5 Å². The zero-order valence-electron chi connectivity index (χ0n) is 19.0. The Morgan fingerprint density at radius 3 is 1.97 bits per heavy atom. The lowest BCUT2D eigenvalue weighted by Gasteiger charge is -2.29. The Kier molecular flexibility index (Phi) is 7.69. The molecule has 0 amide bonds. The molecule has 0 aliphatic carbocycles. The molecule has 36 heavy (non-hydrogen) atoms. The topological polar surface area (TPSA) is 27.7 Å². The van der Waals surface area contributed by atoms with Crippen LogP contribution in [0.25, 0.3) is 11.1 Å². The van der Waals surface area contributed by atoms with E-state index in [9.17, 15) is 26.3 Å². The van der Waals surface area contributed by atoms with Gasteiger partial charge in [0.15, 0.2) is 6.29 Å². The molecule has 188 valence electrons. The van der Waals surface area contributed by atoms with E-state index in [0.717, 1.165) is 11.6 Å². The maximum absolute atomic E-state index is 14.6. The number of rotatable bonds is 4. The van der Waals surface area contributed by atoms with Crippen molar-refractivity contribution in [3.8, 4) is 23.0 Å². The zero-order chi connectivity index (χ0) is 25.9. The van der Waals surface area contributed by atoms with Crippen molar-refractivity contribution in [1.29, 1.82) is 0 Å². The molecule has 4 rings (SSSR count). The molecule has 0 aromatic heterocycles. The van der Waals surface area contributed by atoms with Crippen LogP contribution in [-0.4, -0.2) is 26.9 Å². The first-order valence-corrected chi connectivity index (χ1v) is 10.9. The molecule has 3 nitrogen and oxygen atoms in total. The van der Waals surface area contributed by atoms with E-state index in [1.807, 2.05) is 12.1 Å². The molecule has 1 aliphatic rings. The first kappa shape index (κ1) is 25.8. The second-order valence-electron chi connectivity index (χ2n) is 8.20. The van der Waals surface area contributed by atoms with Crippen molar-refractivity contribution in [1.82, 2.24) is 0 Å². The second kappa shape index (κ2) is 10.7. The number of alkyl halides is 3. The highest BCUT2D eigenvalue weighted by atomic mass is 19.4. The van der Waals surface area contributed by atoms with Crippen LogP contribution in [0.15, 0.2) is 54.6 Å². The summed E-state index contributed by atoms with van der Waals surface area (Å²) in [5.41, 5.74) is -0.887. The fraction of sp³-hybridized carbons (Fsp3) is 0.259. The Morgan fingerprint density at radius 1 is 0.833 bits per heavy atom. The minimum Gasteiger partial charge on any atom is -0.384 e. The first-order valence-electron chi connectivity index (χ1n) is 10.9. The van der Waals surface area contributed by atoms with Gasteiger partial charge in [-0.2, -0.15) is 13.2 Å². The summed E-state index contributed by atoms with van der Waals surface area (Å²) in [6.07, 6.45) is -5.69. The van der Waals surface area contributed by atoms with Gasteiger partial charge in [0.2, 0.25) is 0 Å². The van der Waals surface area contributed by atoms with Crippen molar-refractivity contribution in [2.24, 2.45) is 5.92 Å². The summed E-state index contributed by atoms with van der Waals surface area (Å²) in [7, 11) is 1.62. The van der Waals surface area contributed by atoms with Gasteiger partial charge in [-0.05, 0) is 42.0 Å². The van der Waals surface area contributed by atoms with Crippen LogP contribution in [0.1, 0.15) is 28.5 Å². The molecule has 1 aliphatic heterocycles. The Labute approximate surface area is 203 Å². The van der Waals surface area contributed by atoms with Gasteiger partial charge in [-0.25, -0.2) is 13.2 Å². The standard InChI is InChI=1S/C27H20F6O3/c1-34-13-18-14-35-26(36-15-18)19-7-4-16(5-8-19)2-3-17-6-9-21(22(28)10-17)20-11-23(29)25(24(30)12-20)27(31,32)33/h4-12,18,26H,13-15H2,1H3. The Morgan fingerprint density at radius 2 is 1.42 bits per heavy atom. The Balaban J connectivity index is 1.47. The number of halogens is 6. The van der Waals surface area contributed by atoms with Crippen LogP contribution in [-0.2, 0) is 20.4 Å². The van der Waals surface area contributed by atoms with E-state index in [2.05, 4.69) is 11.8 Å². The van der Waals surface area contributed by atoms with Crippen molar-refractivity contribution in [2.75, 3.05) is 26.9 Å². The van der Waals surface area contributed by atoms with Crippen LogP contribution in [0.3, 0.4) is 0 Å². The van der Waals surface area contributed by atoms with Crippen LogP contribution in [0.5, 0.6) is 0 Å². The quantitative estimate of drug-likeness (QED) is 0.299. The minimum atomic E-state index is -5.20. The van der Waals surface area contributed by atoms with Gasteiger partial charge in [-0.3, -0.25) is 0 Å². The zero-order valence-corrected chi connectivity index (χ0v) is 19.0. The van der Waals surface area contributed by atoms with Crippen LogP contribution in [0.4, 0.5) is 26.3 Å². The highest BCUT2D eigenvalue weighted by Crippen LogP contribution is 2.36. The van der Waals surface area contributed by atoms with E-state index in [4.69, 9.17) is 14.2 Å². The molecule has 0 bridgehead atoms. The molecule has 3 aromatic rings. The summed E-state index contributed by atoms with van der Waals surface area (Å²) in [4.78, 5) is 0. The Bertz CT molecular complexity index is 1260. The third kappa shape index (κ3) is 5.90. The second-order valence-corrected chi connectivity index (χ2v) is 8.20. The molecule has 1 fully saturated rings. The van der Waals surface area contributed by atoms with Crippen molar-refractivity contribution in [3.63, 3.8) is 0 Å². The van der Waals surface area contributed by atoms with E-state index in [0.29, 0.717) is 37.5 Å². The van der Waals surface area contributed by atoms with Crippen LogP contribution in [0.2, 0.25) is 0 Å². The summed E-state index contributed by atoms with van der Waals surface area (Å²) in [5, 5.41) is 0. The average molecular weight is 506 g/mol. The predicted octanol–water partition coefficient (Wildman–Crippen LogP) is 6.50. The third-order valence-corrected chi connectivity index (χ3v) is 5.51. The minimum absolute atomic E-state index is 0.181. The lowest BCUT2D eigenvalue weighted by Crippen LogP contribution is -2.29. The average Bonchev–Trinajstić information content (AvgIpc) is 2.82. The highest BCUT2D eigenvalue weighted by molar-refractivity contribution is 5.66. The van der Waals surface area contributed by atoms with E-state index >= 15 is 0 Å². The van der Waals surface area contributed by atoms with Gasteiger partial charge in [0.1, 0.15) is 23.0 Å². The lowest BCUT2D eigenvalue weighted by molar-refractivity contribution is -0.211. The van der Waals surface area contributed by atoms with Gasteiger partial charge < -0.3 is 14.2 Å². The normalized spacial score (nSPS) is 18.0. The summed E-state index contributed by atoms with van der Waals surface area (Å²) in [6, 6.07) is 11.7. The van der Waals surface area contributed by atoms with E-state index in [1.165, 1.54) is 12.1 Å². The smallest absolute Gasteiger partial charge is 0.384 e. The molecule has 0 saturated carbocycles. The monoisotopic (exact) mass is 506 g/mol. The number of hydrogen-bond acceptors (Lipinski definition) is 3. The molecule has 0 N–H and O–H groups in total. The van der Waals surface area contributed by atoms with Gasteiger partial charge in [0.25, 0.3) is 0 Å². The molecule has 1 saturated heterocycles. The van der Waals surface area contributed by atoms with Gasteiger partial charge >= 0.3 is 6.18 Å². The number of ether oxygens (including phenoxy) is 3. The summed E-state index contributed by atoms with van der Waals surface area (Å²) in [6.45, 7) is 1.60. The van der Waals surface area contributed by atoms with Crippen LogP contribution >= 0.6 is 0 Å². The molecular formula is C27H20F6O3. The molecule has 1 heterocycles. The number of benzene rings is 3. The van der Waals surface area contributed by atoms with Gasteiger partial charge in [-0.15, -0.1) is 0 Å². The van der Waals surface area contributed by atoms with Crippen molar-refractivity contribution >= 4 is 0 Å².